The highest BCUT2D eigenvalue weighted by atomic mass is 32.2. The molecule has 8 nitrogen and oxygen atoms in total. The third-order valence-electron chi connectivity index (χ3n) is 6.08. The molecular formula is C25H27N5O3S. The summed E-state index contributed by atoms with van der Waals surface area (Å²) in [7, 11) is 0. The van der Waals surface area contributed by atoms with Crippen LogP contribution in [0.25, 0.3) is 22.4 Å². The highest BCUT2D eigenvalue weighted by Crippen LogP contribution is 2.25. The van der Waals surface area contributed by atoms with Crippen LogP contribution in [-0.4, -0.2) is 61.0 Å². The third kappa shape index (κ3) is 3.99. The number of carbonyl (C=O) groups excluding carboxylic acids is 1. The lowest BCUT2D eigenvalue weighted by Gasteiger charge is -2.35. The van der Waals surface area contributed by atoms with Crippen molar-refractivity contribution in [1.82, 2.24) is 24.1 Å². The quantitative estimate of drug-likeness (QED) is 0.419. The van der Waals surface area contributed by atoms with E-state index in [9.17, 15) is 9.59 Å². The maximum Gasteiger partial charge on any atom is 0.267 e. The molecule has 176 valence electrons. The number of hydrogen-bond acceptors (Lipinski definition) is 6. The molecule has 2 atom stereocenters. The van der Waals surface area contributed by atoms with E-state index in [-0.39, 0.29) is 29.4 Å². The normalized spacial score (nSPS) is 18.6. The minimum atomic E-state index is -0.147. The molecule has 4 aromatic rings. The molecule has 1 aliphatic heterocycles. The number of aromatic nitrogens is 4. The van der Waals surface area contributed by atoms with Crippen LogP contribution in [0.1, 0.15) is 25.0 Å². The van der Waals surface area contributed by atoms with Crippen molar-refractivity contribution in [1.29, 1.82) is 0 Å². The number of thioether (sulfide) groups is 1. The second-order valence-electron chi connectivity index (χ2n) is 8.91. The molecule has 1 saturated heterocycles. The zero-order chi connectivity index (χ0) is 24.0. The van der Waals surface area contributed by atoms with Crippen LogP contribution in [0.2, 0.25) is 0 Å². The lowest BCUT2D eigenvalue weighted by molar-refractivity contribution is -0.140. The largest absolute Gasteiger partial charge is 0.372 e. The first-order chi connectivity index (χ1) is 16.3. The minimum Gasteiger partial charge on any atom is -0.372 e. The van der Waals surface area contributed by atoms with Crippen molar-refractivity contribution in [3.05, 3.63) is 63.9 Å². The highest BCUT2D eigenvalue weighted by Gasteiger charge is 2.26. The standard InChI is InChI=1S/C25H27N5O3S/c1-15-9-10-20(16(2)11-15)29-23(32)19-7-5-6-8-21(19)30-24(29)26-27-25(30)34-14-22(31)28-12-17(3)33-18(4)13-28/h5-11,17-18H,12-14H2,1-4H3/t17-,18-/m0/s1. The van der Waals surface area contributed by atoms with Crippen LogP contribution in [0.4, 0.5) is 0 Å². The van der Waals surface area contributed by atoms with Crippen LogP contribution in [0.3, 0.4) is 0 Å². The Balaban J connectivity index is 1.58. The molecular weight excluding hydrogens is 450 g/mol. The van der Waals surface area contributed by atoms with Gasteiger partial charge in [-0.3, -0.25) is 14.0 Å². The van der Waals surface area contributed by atoms with E-state index >= 15 is 0 Å². The van der Waals surface area contributed by atoms with Crippen LogP contribution in [0.15, 0.2) is 52.4 Å². The lowest BCUT2D eigenvalue weighted by atomic mass is 10.1. The van der Waals surface area contributed by atoms with Gasteiger partial charge in [-0.15, -0.1) is 10.2 Å². The fraction of sp³-hybridized carbons (Fsp3) is 0.360. The topological polar surface area (TPSA) is 81.7 Å². The van der Waals surface area contributed by atoms with E-state index < -0.39 is 0 Å². The van der Waals surface area contributed by atoms with E-state index in [2.05, 4.69) is 10.2 Å². The van der Waals surface area contributed by atoms with Crippen molar-refractivity contribution >= 4 is 34.3 Å². The first kappa shape index (κ1) is 22.6. The Morgan fingerprint density at radius 2 is 1.82 bits per heavy atom. The Hall–Kier alpha value is -3.17. The van der Waals surface area contributed by atoms with Gasteiger partial charge in [0.15, 0.2) is 5.16 Å². The number of aryl methyl sites for hydroxylation is 2. The van der Waals surface area contributed by atoms with Crippen LogP contribution in [-0.2, 0) is 9.53 Å². The van der Waals surface area contributed by atoms with Gasteiger partial charge in [-0.05, 0) is 51.5 Å². The fourth-order valence-corrected chi connectivity index (χ4v) is 5.49. The van der Waals surface area contributed by atoms with Crippen molar-refractivity contribution < 1.29 is 9.53 Å². The Morgan fingerprint density at radius 1 is 1.09 bits per heavy atom. The lowest BCUT2D eigenvalue weighted by Crippen LogP contribution is -2.48. The van der Waals surface area contributed by atoms with Crippen LogP contribution in [0, 0.1) is 13.8 Å². The van der Waals surface area contributed by atoms with E-state index in [0.717, 1.165) is 22.3 Å². The van der Waals surface area contributed by atoms with E-state index in [0.29, 0.717) is 29.4 Å². The Morgan fingerprint density at radius 3 is 2.56 bits per heavy atom. The van der Waals surface area contributed by atoms with Gasteiger partial charge < -0.3 is 9.64 Å². The summed E-state index contributed by atoms with van der Waals surface area (Å²) < 4.78 is 9.23. The maximum absolute atomic E-state index is 13.5. The number of ether oxygens (including phenoxy) is 1. The van der Waals surface area contributed by atoms with Gasteiger partial charge in [0.25, 0.3) is 5.56 Å². The molecule has 0 bridgehead atoms. The smallest absolute Gasteiger partial charge is 0.267 e. The van der Waals surface area contributed by atoms with Crippen LogP contribution >= 0.6 is 11.8 Å². The Bertz CT molecular complexity index is 1450. The molecule has 0 unspecified atom stereocenters. The zero-order valence-electron chi connectivity index (χ0n) is 19.7. The summed E-state index contributed by atoms with van der Waals surface area (Å²) in [5.41, 5.74) is 3.43. The Kier molecular flexibility index (Phi) is 5.91. The first-order valence-corrected chi connectivity index (χ1v) is 12.3. The molecule has 2 aromatic carbocycles. The second kappa shape index (κ2) is 8.88. The molecule has 0 radical (unpaired) electrons. The third-order valence-corrected chi connectivity index (χ3v) is 7.00. The summed E-state index contributed by atoms with van der Waals surface area (Å²) in [6.45, 7) is 9.13. The minimum absolute atomic E-state index is 0.0164. The van der Waals surface area contributed by atoms with Gasteiger partial charge in [0.1, 0.15) is 0 Å². The summed E-state index contributed by atoms with van der Waals surface area (Å²) in [5.74, 6) is 0.701. The van der Waals surface area contributed by atoms with E-state index in [1.54, 1.807) is 4.57 Å². The summed E-state index contributed by atoms with van der Waals surface area (Å²) >= 11 is 1.33. The molecule has 2 aromatic heterocycles. The average Bonchev–Trinajstić information content (AvgIpc) is 3.22. The predicted molar refractivity (Wildman–Crippen MR) is 133 cm³/mol. The van der Waals surface area contributed by atoms with Gasteiger partial charge in [-0.1, -0.05) is 41.6 Å². The molecule has 34 heavy (non-hydrogen) atoms. The number of nitrogens with zero attached hydrogens (tertiary/aromatic N) is 5. The SMILES string of the molecule is Cc1ccc(-n2c(=O)c3ccccc3n3c(SCC(=O)N4C[C@H](C)O[C@@H](C)C4)nnc23)c(C)c1. The fourth-order valence-electron chi connectivity index (χ4n) is 4.64. The van der Waals surface area contributed by atoms with Gasteiger partial charge >= 0.3 is 0 Å². The first-order valence-electron chi connectivity index (χ1n) is 11.4. The highest BCUT2D eigenvalue weighted by molar-refractivity contribution is 7.99. The molecule has 1 aliphatic rings. The number of rotatable bonds is 4. The number of morpholine rings is 1. The van der Waals surface area contributed by atoms with Crippen molar-refractivity contribution in [3.8, 4) is 5.69 Å². The Labute approximate surface area is 201 Å². The van der Waals surface area contributed by atoms with E-state index in [1.807, 2.05) is 79.5 Å². The predicted octanol–water partition coefficient (Wildman–Crippen LogP) is 3.38. The number of hydrogen-bond donors (Lipinski definition) is 0. The van der Waals surface area contributed by atoms with Gasteiger partial charge in [-0.2, -0.15) is 0 Å². The molecule has 0 saturated carbocycles. The van der Waals surface area contributed by atoms with Crippen molar-refractivity contribution in [3.63, 3.8) is 0 Å². The van der Waals surface area contributed by atoms with Crippen molar-refractivity contribution in [2.45, 2.75) is 45.1 Å². The molecule has 0 aliphatic carbocycles. The molecule has 1 amide bonds. The average molecular weight is 478 g/mol. The summed E-state index contributed by atoms with van der Waals surface area (Å²) in [5, 5.41) is 9.93. The molecule has 3 heterocycles. The van der Waals surface area contributed by atoms with Crippen LogP contribution in [0.5, 0.6) is 0 Å². The van der Waals surface area contributed by atoms with Crippen molar-refractivity contribution in [2.24, 2.45) is 0 Å². The monoisotopic (exact) mass is 477 g/mol. The molecule has 0 spiro atoms. The van der Waals surface area contributed by atoms with Gasteiger partial charge in [-0.25, -0.2) is 4.57 Å². The summed E-state index contributed by atoms with van der Waals surface area (Å²) in [6, 6.07) is 13.4. The van der Waals surface area contributed by atoms with Gasteiger partial charge in [0, 0.05) is 13.1 Å². The van der Waals surface area contributed by atoms with E-state index in [1.165, 1.54) is 11.8 Å². The van der Waals surface area contributed by atoms with Gasteiger partial charge in [0.05, 0.1) is 34.6 Å². The zero-order valence-corrected chi connectivity index (χ0v) is 20.5. The van der Waals surface area contributed by atoms with E-state index in [4.69, 9.17) is 4.74 Å². The number of benzene rings is 2. The van der Waals surface area contributed by atoms with Crippen LogP contribution < -0.4 is 5.56 Å². The summed E-state index contributed by atoms with van der Waals surface area (Å²) in [4.78, 5) is 28.3. The number of carbonyl (C=O) groups is 1. The second-order valence-corrected chi connectivity index (χ2v) is 9.85. The molecule has 0 N–H and O–H groups in total. The molecule has 1 fully saturated rings. The molecule has 5 rings (SSSR count). The number of amides is 1. The maximum atomic E-state index is 13.5. The number of para-hydroxylation sites is 1. The van der Waals surface area contributed by atoms with Gasteiger partial charge in [0.2, 0.25) is 11.7 Å². The molecule has 9 heteroatoms. The summed E-state index contributed by atoms with van der Waals surface area (Å²) in [6.07, 6.45) is 0.0329. The number of fused-ring (bicyclic) bond motifs is 3. The van der Waals surface area contributed by atoms with Crippen molar-refractivity contribution in [2.75, 3.05) is 18.8 Å².